The number of benzene rings is 1. The molecule has 0 atom stereocenters. The zero-order valence-electron chi connectivity index (χ0n) is 6.28. The van der Waals surface area contributed by atoms with Gasteiger partial charge in [0.1, 0.15) is 5.82 Å². The monoisotopic (exact) mass is 187 g/mol. The first kappa shape index (κ1) is 7.42. The van der Waals surface area contributed by atoms with Crippen LogP contribution in [0.2, 0.25) is 0 Å². The molecule has 0 N–H and O–H groups in total. The molecule has 0 radical (unpaired) electrons. The molecule has 3 nitrogen and oxygen atoms in total. The Hall–Kier alpha value is -1.23. The maximum absolute atomic E-state index is 12.7. The highest BCUT2D eigenvalue weighted by Crippen LogP contribution is 2.16. The summed E-state index contributed by atoms with van der Waals surface area (Å²) in [5, 5.41) is 0. The van der Waals surface area contributed by atoms with Crippen LogP contribution in [0.15, 0.2) is 26.6 Å². The molecule has 0 fully saturated rings. The van der Waals surface area contributed by atoms with E-state index in [1.807, 2.05) is 0 Å². The molecule has 1 aromatic heterocycles. The van der Waals surface area contributed by atoms with Gasteiger partial charge in [0.25, 0.3) is 0 Å². The van der Waals surface area contributed by atoms with Gasteiger partial charge in [-0.2, -0.15) is 0 Å². The molecule has 0 aliphatic heterocycles. The molecular formula is C7H6FNO2S. The van der Waals surface area contributed by atoms with Crippen molar-refractivity contribution in [1.29, 1.82) is 0 Å². The van der Waals surface area contributed by atoms with E-state index in [-0.39, 0.29) is 5.82 Å². The highest BCUT2D eigenvalue weighted by Gasteiger charge is 1.99. The van der Waals surface area contributed by atoms with Crippen molar-refractivity contribution in [3.63, 3.8) is 0 Å². The summed E-state index contributed by atoms with van der Waals surface area (Å²) in [6, 6.07) is 4.14. The first-order valence-corrected chi connectivity index (χ1v) is 4.01. The lowest BCUT2D eigenvalue weighted by molar-refractivity contribution is 0.342. The molecule has 12 heavy (non-hydrogen) atoms. The summed E-state index contributed by atoms with van der Waals surface area (Å²) in [6.07, 6.45) is 0. The minimum atomic E-state index is -0.336. The van der Waals surface area contributed by atoms with E-state index in [0.717, 1.165) is 11.8 Å². The first-order chi connectivity index (χ1) is 5.75. The second-order valence-corrected chi connectivity index (χ2v) is 3.11. The summed E-state index contributed by atoms with van der Waals surface area (Å²) in [5.41, 5.74) is 0.941. The molecule has 0 amide bonds. The topological polar surface area (TPSA) is 31.2 Å². The number of aryl methyl sites for hydroxylation is 1. The van der Waals surface area contributed by atoms with Crippen LogP contribution in [0.1, 0.15) is 0 Å². The SMILES string of the molecule is Cn1oc2cc(F)ccc2os1. The molecule has 5 heteroatoms. The van der Waals surface area contributed by atoms with Gasteiger partial charge in [-0.25, -0.2) is 4.39 Å². The second-order valence-electron chi connectivity index (χ2n) is 2.28. The van der Waals surface area contributed by atoms with Crippen molar-refractivity contribution in [1.82, 2.24) is 4.13 Å². The van der Waals surface area contributed by atoms with E-state index < -0.39 is 0 Å². The van der Waals surface area contributed by atoms with Crippen LogP contribution in [0.3, 0.4) is 0 Å². The minimum Gasteiger partial charge on any atom is -0.381 e. The molecule has 1 heterocycles. The average Bonchev–Trinajstić information content (AvgIpc) is 2.03. The second kappa shape index (κ2) is 2.67. The largest absolute Gasteiger partial charge is 0.381 e. The van der Waals surface area contributed by atoms with Gasteiger partial charge in [-0.1, -0.05) is 0 Å². The van der Waals surface area contributed by atoms with Gasteiger partial charge in [0.05, 0.1) is 7.05 Å². The molecule has 2 rings (SSSR count). The fourth-order valence-corrected chi connectivity index (χ4v) is 1.30. The van der Waals surface area contributed by atoms with E-state index >= 15 is 0 Å². The van der Waals surface area contributed by atoms with Crippen molar-refractivity contribution < 1.29 is 12.8 Å². The first-order valence-electron chi connectivity index (χ1n) is 3.31. The number of rotatable bonds is 0. The van der Waals surface area contributed by atoms with E-state index in [2.05, 4.69) is 0 Å². The van der Waals surface area contributed by atoms with Gasteiger partial charge < -0.3 is 8.37 Å². The quantitative estimate of drug-likeness (QED) is 0.634. The lowest BCUT2D eigenvalue weighted by Crippen LogP contribution is -1.84. The van der Waals surface area contributed by atoms with Crippen LogP contribution in [0.4, 0.5) is 4.39 Å². The van der Waals surface area contributed by atoms with Gasteiger partial charge in [-0.05, 0) is 12.1 Å². The van der Waals surface area contributed by atoms with Crippen LogP contribution in [0.5, 0.6) is 0 Å². The van der Waals surface area contributed by atoms with Crippen LogP contribution in [-0.2, 0) is 7.05 Å². The summed E-state index contributed by atoms with van der Waals surface area (Å²) >= 11 is 1.06. The van der Waals surface area contributed by atoms with Crippen molar-refractivity contribution in [2.24, 2.45) is 7.05 Å². The molecule has 0 saturated carbocycles. The number of aromatic nitrogens is 1. The third-order valence-corrected chi connectivity index (χ3v) is 1.90. The molecule has 0 aliphatic rings. The van der Waals surface area contributed by atoms with E-state index in [4.69, 9.17) is 8.37 Å². The Morgan fingerprint density at radius 2 is 2.25 bits per heavy atom. The van der Waals surface area contributed by atoms with Gasteiger partial charge in [0, 0.05) is 6.07 Å². The number of halogens is 1. The maximum atomic E-state index is 12.7. The lowest BCUT2D eigenvalue weighted by Gasteiger charge is -1.97. The Labute approximate surface area is 71.6 Å². The fraction of sp³-hybridized carbons (Fsp3) is 0.143. The Balaban J connectivity index is 2.80. The molecule has 0 unspecified atom stereocenters. The summed E-state index contributed by atoms with van der Waals surface area (Å²) in [4.78, 5) is 0. The number of hydrogen-bond donors (Lipinski definition) is 0. The summed E-state index contributed by atoms with van der Waals surface area (Å²) in [6.45, 7) is 0. The zero-order chi connectivity index (χ0) is 8.55. The molecule has 2 aromatic rings. The van der Waals surface area contributed by atoms with Gasteiger partial charge in [0.2, 0.25) is 5.58 Å². The predicted octanol–water partition coefficient (Wildman–Crippen LogP) is 2.69. The number of hydrogen-bond acceptors (Lipinski definition) is 3. The lowest BCUT2D eigenvalue weighted by atomic mass is 10.3. The van der Waals surface area contributed by atoms with Crippen molar-refractivity contribution in [3.8, 4) is 0 Å². The molecule has 1 aromatic carbocycles. The standard InChI is InChI=1S/C7H6FNO2S/c1-9-10-7-4-5(8)2-3-6(7)11-12-9/h2-4H,1H3. The number of nitrogens with zero attached hydrogens (tertiary/aromatic N) is 1. The third kappa shape index (κ3) is 1.23. The fourth-order valence-electron chi connectivity index (χ4n) is 0.868. The summed E-state index contributed by atoms with van der Waals surface area (Å²) < 4.78 is 24.4. The van der Waals surface area contributed by atoms with Gasteiger partial charge in [-0.15, -0.1) is 4.13 Å². The van der Waals surface area contributed by atoms with Crippen LogP contribution >= 0.6 is 11.8 Å². The van der Waals surface area contributed by atoms with Gasteiger partial charge in [-0.3, -0.25) is 0 Å². The summed E-state index contributed by atoms with van der Waals surface area (Å²) in [7, 11) is 1.68. The minimum absolute atomic E-state index is 0.336. The summed E-state index contributed by atoms with van der Waals surface area (Å²) in [5.74, 6) is -0.336. The third-order valence-electron chi connectivity index (χ3n) is 1.36. The molecule has 0 aliphatic carbocycles. The molecule has 0 saturated heterocycles. The van der Waals surface area contributed by atoms with E-state index in [9.17, 15) is 4.39 Å². The molecule has 0 spiro atoms. The maximum Gasteiger partial charge on any atom is 0.203 e. The van der Waals surface area contributed by atoms with Crippen molar-refractivity contribution in [2.75, 3.05) is 0 Å². The van der Waals surface area contributed by atoms with E-state index in [1.54, 1.807) is 7.05 Å². The normalized spacial score (nSPS) is 10.5. The Bertz CT molecular complexity index is 398. The van der Waals surface area contributed by atoms with Crippen LogP contribution < -0.4 is 0 Å². The number of fused-ring (bicyclic) bond motifs is 1. The van der Waals surface area contributed by atoms with Crippen molar-refractivity contribution in [2.45, 2.75) is 0 Å². The highest BCUT2D eigenvalue weighted by molar-refractivity contribution is 6.96. The van der Waals surface area contributed by atoms with E-state index in [0.29, 0.717) is 11.2 Å². The van der Waals surface area contributed by atoms with Crippen LogP contribution in [0.25, 0.3) is 11.2 Å². The Kier molecular flexibility index (Phi) is 1.65. The Morgan fingerprint density at radius 1 is 1.42 bits per heavy atom. The van der Waals surface area contributed by atoms with Crippen LogP contribution in [-0.4, -0.2) is 4.13 Å². The zero-order valence-corrected chi connectivity index (χ0v) is 7.10. The van der Waals surface area contributed by atoms with Gasteiger partial charge in [0.15, 0.2) is 17.4 Å². The average molecular weight is 187 g/mol. The molecule has 0 bridgehead atoms. The predicted molar refractivity (Wildman–Crippen MR) is 42.9 cm³/mol. The molecular weight excluding hydrogens is 181 g/mol. The smallest absolute Gasteiger partial charge is 0.203 e. The highest BCUT2D eigenvalue weighted by atomic mass is 32.1. The van der Waals surface area contributed by atoms with Crippen LogP contribution in [0, 0.1) is 5.82 Å². The molecule has 64 valence electrons. The van der Waals surface area contributed by atoms with Crippen molar-refractivity contribution in [3.05, 3.63) is 24.0 Å². The van der Waals surface area contributed by atoms with Gasteiger partial charge >= 0.3 is 0 Å². The van der Waals surface area contributed by atoms with E-state index in [1.165, 1.54) is 22.3 Å². The Morgan fingerprint density at radius 3 is 3.08 bits per heavy atom. The van der Waals surface area contributed by atoms with Crippen molar-refractivity contribution >= 4 is 23.0 Å².